The van der Waals surface area contributed by atoms with Crippen molar-refractivity contribution in [3.63, 3.8) is 0 Å². The van der Waals surface area contributed by atoms with E-state index in [4.69, 9.17) is 5.84 Å². The van der Waals surface area contributed by atoms with Gasteiger partial charge in [0.05, 0.1) is 5.54 Å². The lowest BCUT2D eigenvalue weighted by molar-refractivity contribution is 0.134. The predicted octanol–water partition coefficient (Wildman–Crippen LogP) is 5.01. The Kier molecular flexibility index (Phi) is 10.1. The zero-order valence-electron chi connectivity index (χ0n) is 12.9. The highest BCUT2D eigenvalue weighted by Gasteiger charge is 2.26. The molecule has 0 bridgehead atoms. The second-order valence-corrected chi connectivity index (χ2v) is 5.71. The summed E-state index contributed by atoms with van der Waals surface area (Å²) in [6, 6.07) is 0. The normalized spacial score (nSPS) is 11.6. The molecule has 0 saturated carbocycles. The maximum absolute atomic E-state index is 6.10. The number of unbranched alkanes of at least 4 members (excludes halogenated alkanes) is 6. The van der Waals surface area contributed by atoms with Crippen LogP contribution in [0.4, 0.5) is 0 Å². The molecule has 0 aliphatic heterocycles. The van der Waals surface area contributed by atoms with Crippen molar-refractivity contribution in [3.8, 4) is 0 Å². The second-order valence-electron chi connectivity index (χ2n) is 5.71. The van der Waals surface area contributed by atoms with Crippen LogP contribution in [-0.4, -0.2) is 10.5 Å². The molecule has 0 saturated heterocycles. The van der Waals surface area contributed by atoms with Gasteiger partial charge in [-0.25, -0.2) is 5.84 Å². The van der Waals surface area contributed by atoms with Crippen molar-refractivity contribution in [2.75, 3.05) is 0 Å². The van der Waals surface area contributed by atoms with Gasteiger partial charge in [0.2, 0.25) is 0 Å². The van der Waals surface area contributed by atoms with E-state index in [0.717, 1.165) is 0 Å². The summed E-state index contributed by atoms with van der Waals surface area (Å²) in [5.74, 6) is 6.10. The van der Waals surface area contributed by atoms with Crippen LogP contribution >= 0.6 is 0 Å². The van der Waals surface area contributed by atoms with Crippen LogP contribution in [0.25, 0.3) is 0 Å². The van der Waals surface area contributed by atoms with Crippen LogP contribution in [0.3, 0.4) is 0 Å². The fourth-order valence-electron chi connectivity index (χ4n) is 2.47. The molecule has 0 aromatic carbocycles. The Balaban J connectivity index is 4.11. The van der Waals surface area contributed by atoms with Crippen LogP contribution in [-0.2, 0) is 0 Å². The van der Waals surface area contributed by atoms with Crippen molar-refractivity contribution in [1.82, 2.24) is 5.01 Å². The molecule has 2 nitrogen and oxygen atoms in total. The SMILES string of the molecule is C=CN(N)C(C)(CCCCCC)CCCCCC. The lowest BCUT2D eigenvalue weighted by Crippen LogP contribution is -2.47. The quantitative estimate of drug-likeness (QED) is 0.301. The molecule has 2 N–H and O–H groups in total. The molecule has 0 heterocycles. The fourth-order valence-corrected chi connectivity index (χ4v) is 2.47. The summed E-state index contributed by atoms with van der Waals surface area (Å²) in [6.45, 7) is 10.6. The molecule has 0 fully saturated rings. The Morgan fingerprint density at radius 2 is 1.39 bits per heavy atom. The Morgan fingerprint density at radius 3 is 1.72 bits per heavy atom. The van der Waals surface area contributed by atoms with E-state index in [-0.39, 0.29) is 5.54 Å². The number of hydrogen-bond acceptors (Lipinski definition) is 2. The van der Waals surface area contributed by atoms with Crippen LogP contribution < -0.4 is 5.84 Å². The minimum Gasteiger partial charge on any atom is -0.313 e. The highest BCUT2D eigenvalue weighted by molar-refractivity contribution is 4.88. The van der Waals surface area contributed by atoms with Crippen molar-refractivity contribution in [3.05, 3.63) is 12.8 Å². The first kappa shape index (κ1) is 17.5. The molecule has 0 rings (SSSR count). The van der Waals surface area contributed by atoms with Gasteiger partial charge >= 0.3 is 0 Å². The fraction of sp³-hybridized carbons (Fsp3) is 0.875. The van der Waals surface area contributed by atoms with E-state index in [1.807, 2.05) is 5.01 Å². The Labute approximate surface area is 115 Å². The molecular weight excluding hydrogens is 220 g/mol. The van der Waals surface area contributed by atoms with Gasteiger partial charge in [-0.3, -0.25) is 0 Å². The number of rotatable bonds is 12. The Hall–Kier alpha value is -0.500. The lowest BCUT2D eigenvalue weighted by atomic mass is 9.87. The van der Waals surface area contributed by atoms with Gasteiger partial charge in [-0.05, 0) is 19.8 Å². The molecular formula is C16H34N2. The van der Waals surface area contributed by atoms with Gasteiger partial charge in [-0.15, -0.1) is 0 Å². The maximum Gasteiger partial charge on any atom is 0.0526 e. The van der Waals surface area contributed by atoms with Crippen LogP contribution in [0.1, 0.15) is 85.0 Å². The summed E-state index contributed by atoms with van der Waals surface area (Å²) in [5.41, 5.74) is 0.100. The molecule has 0 amide bonds. The van der Waals surface area contributed by atoms with Crippen LogP contribution in [0.15, 0.2) is 12.8 Å². The van der Waals surface area contributed by atoms with Crippen molar-refractivity contribution in [2.24, 2.45) is 5.84 Å². The average Bonchev–Trinajstić information content (AvgIpc) is 2.39. The first-order chi connectivity index (χ1) is 8.60. The third kappa shape index (κ3) is 7.05. The van der Waals surface area contributed by atoms with E-state index < -0.39 is 0 Å². The van der Waals surface area contributed by atoms with Crippen LogP contribution in [0, 0.1) is 0 Å². The molecule has 0 radical (unpaired) electrons. The summed E-state index contributed by atoms with van der Waals surface area (Å²) in [4.78, 5) is 0. The molecule has 2 heteroatoms. The smallest absolute Gasteiger partial charge is 0.0526 e. The monoisotopic (exact) mass is 254 g/mol. The molecule has 0 aliphatic carbocycles. The first-order valence-electron chi connectivity index (χ1n) is 7.77. The second kappa shape index (κ2) is 10.4. The van der Waals surface area contributed by atoms with E-state index in [1.165, 1.54) is 64.2 Å². The number of nitrogens with zero attached hydrogens (tertiary/aromatic N) is 1. The molecule has 0 atom stereocenters. The van der Waals surface area contributed by atoms with Gasteiger partial charge in [0.15, 0.2) is 0 Å². The summed E-state index contributed by atoms with van der Waals surface area (Å²) in [5, 5.41) is 1.84. The minimum atomic E-state index is 0.100. The molecule has 0 aromatic rings. The van der Waals surface area contributed by atoms with Crippen LogP contribution in [0.2, 0.25) is 0 Å². The Bertz CT molecular complexity index is 189. The number of hydrogen-bond donors (Lipinski definition) is 1. The highest BCUT2D eigenvalue weighted by atomic mass is 15.4. The van der Waals surface area contributed by atoms with Crippen LogP contribution in [0.5, 0.6) is 0 Å². The van der Waals surface area contributed by atoms with E-state index in [0.29, 0.717) is 0 Å². The van der Waals surface area contributed by atoms with E-state index in [9.17, 15) is 0 Å². The van der Waals surface area contributed by atoms with Crippen molar-refractivity contribution >= 4 is 0 Å². The molecule has 108 valence electrons. The zero-order valence-corrected chi connectivity index (χ0v) is 12.9. The summed E-state index contributed by atoms with van der Waals surface area (Å²) < 4.78 is 0. The predicted molar refractivity (Wildman–Crippen MR) is 82.1 cm³/mol. The topological polar surface area (TPSA) is 29.3 Å². The highest BCUT2D eigenvalue weighted by Crippen LogP contribution is 2.27. The zero-order chi connectivity index (χ0) is 13.9. The third-order valence-corrected chi connectivity index (χ3v) is 3.96. The summed E-state index contributed by atoms with van der Waals surface area (Å²) in [6.07, 6.45) is 14.6. The molecule has 18 heavy (non-hydrogen) atoms. The largest absolute Gasteiger partial charge is 0.313 e. The van der Waals surface area contributed by atoms with Gasteiger partial charge in [0, 0.05) is 6.20 Å². The number of nitrogens with two attached hydrogens (primary N) is 1. The maximum atomic E-state index is 6.10. The average molecular weight is 254 g/mol. The van der Waals surface area contributed by atoms with E-state index in [1.54, 1.807) is 6.20 Å². The van der Waals surface area contributed by atoms with Crippen molar-refractivity contribution in [2.45, 2.75) is 90.5 Å². The van der Waals surface area contributed by atoms with Gasteiger partial charge in [-0.1, -0.05) is 71.8 Å². The lowest BCUT2D eigenvalue weighted by Gasteiger charge is -2.38. The van der Waals surface area contributed by atoms with Gasteiger partial charge < -0.3 is 5.01 Å². The van der Waals surface area contributed by atoms with Gasteiger partial charge in [-0.2, -0.15) is 0 Å². The Morgan fingerprint density at radius 1 is 0.944 bits per heavy atom. The standard InChI is InChI=1S/C16H34N2/c1-5-8-10-12-14-16(4,18(17)7-3)15-13-11-9-6-2/h7H,3,5-6,8-15,17H2,1-2,4H3. The minimum absolute atomic E-state index is 0.100. The molecule has 0 aromatic heterocycles. The van der Waals surface area contributed by atoms with Crippen molar-refractivity contribution < 1.29 is 0 Å². The summed E-state index contributed by atoms with van der Waals surface area (Å²) >= 11 is 0. The molecule has 0 spiro atoms. The molecule has 0 aliphatic rings. The number of hydrazine groups is 1. The van der Waals surface area contributed by atoms with E-state index >= 15 is 0 Å². The van der Waals surface area contributed by atoms with Gasteiger partial charge in [0.1, 0.15) is 0 Å². The van der Waals surface area contributed by atoms with Gasteiger partial charge in [0.25, 0.3) is 0 Å². The van der Waals surface area contributed by atoms with E-state index in [2.05, 4.69) is 27.4 Å². The third-order valence-electron chi connectivity index (χ3n) is 3.96. The summed E-state index contributed by atoms with van der Waals surface area (Å²) in [7, 11) is 0. The molecule has 0 unspecified atom stereocenters. The first-order valence-corrected chi connectivity index (χ1v) is 7.77. The van der Waals surface area contributed by atoms with Crippen molar-refractivity contribution in [1.29, 1.82) is 0 Å².